The number of methoxy groups -OCH3 is 1. The van der Waals surface area contributed by atoms with Crippen molar-refractivity contribution in [1.29, 1.82) is 5.26 Å². The van der Waals surface area contributed by atoms with Crippen LogP contribution in [0.1, 0.15) is 11.1 Å². The average molecular weight is 409 g/mol. The first-order valence-corrected chi connectivity index (χ1v) is 9.73. The second-order valence-corrected chi connectivity index (χ2v) is 7.19. The number of nitrogens with one attached hydrogen (secondary N) is 2. The first-order valence-electron chi connectivity index (χ1n) is 9.73. The summed E-state index contributed by atoms with van der Waals surface area (Å²) in [6.45, 7) is 1.35. The van der Waals surface area contributed by atoms with Gasteiger partial charge in [-0.05, 0) is 42.0 Å². The monoisotopic (exact) mass is 409 g/mol. The molecule has 0 bridgehead atoms. The van der Waals surface area contributed by atoms with Crippen molar-refractivity contribution in [2.75, 3.05) is 25.6 Å². The van der Waals surface area contributed by atoms with E-state index in [1.807, 2.05) is 18.2 Å². The summed E-state index contributed by atoms with van der Waals surface area (Å²) in [5.74, 6) is 0.707. The van der Waals surface area contributed by atoms with Gasteiger partial charge in [0.1, 0.15) is 18.0 Å². The molecule has 2 heterocycles. The molecule has 0 aliphatic carbocycles. The summed E-state index contributed by atoms with van der Waals surface area (Å²) >= 11 is 0. The molecule has 4 atom stereocenters. The molecule has 0 spiro atoms. The highest BCUT2D eigenvalue weighted by atomic mass is 16.6. The number of anilines is 1. The van der Waals surface area contributed by atoms with Gasteiger partial charge in [0.05, 0.1) is 38.0 Å². The lowest BCUT2D eigenvalue weighted by molar-refractivity contribution is 0.00854. The quantitative estimate of drug-likeness (QED) is 0.756. The molecule has 30 heavy (non-hydrogen) atoms. The molecule has 0 aromatic heterocycles. The van der Waals surface area contributed by atoms with E-state index in [1.54, 1.807) is 37.4 Å². The second kappa shape index (κ2) is 9.13. The van der Waals surface area contributed by atoms with E-state index in [4.69, 9.17) is 24.2 Å². The summed E-state index contributed by atoms with van der Waals surface area (Å²) in [6.07, 6.45) is -1.53. The Morgan fingerprint density at radius 2 is 1.97 bits per heavy atom. The number of ether oxygens (including phenoxy) is 4. The molecule has 0 unspecified atom stereocenters. The summed E-state index contributed by atoms with van der Waals surface area (Å²) in [5.41, 5.74) is 2.26. The standard InChI is InChI=1S/C22H23N3O5/c1-27-17-7-5-16(6-8-17)25-22(26)30-19-13-29-20-18(12-28-21(19)20)24-11-15-4-2-3-14(9-15)10-23/h2-9,18-21,24H,11-13H2,1H3,(H,25,26)/t18-,19-,20-,21+/m0/s1. The minimum Gasteiger partial charge on any atom is -0.497 e. The zero-order valence-corrected chi connectivity index (χ0v) is 16.5. The number of benzene rings is 2. The van der Waals surface area contributed by atoms with Crippen LogP contribution in [-0.4, -0.2) is 50.8 Å². The lowest BCUT2D eigenvalue weighted by atomic mass is 10.1. The lowest BCUT2D eigenvalue weighted by Crippen LogP contribution is -2.41. The molecule has 2 fully saturated rings. The smallest absolute Gasteiger partial charge is 0.412 e. The van der Waals surface area contributed by atoms with Crippen molar-refractivity contribution in [2.45, 2.75) is 30.9 Å². The minimum atomic E-state index is -0.553. The Morgan fingerprint density at radius 3 is 2.73 bits per heavy atom. The van der Waals surface area contributed by atoms with E-state index in [0.717, 1.165) is 5.56 Å². The molecule has 2 aliphatic heterocycles. The summed E-state index contributed by atoms with van der Waals surface area (Å²) < 4.78 is 22.3. The van der Waals surface area contributed by atoms with Gasteiger partial charge in [-0.25, -0.2) is 4.79 Å². The van der Waals surface area contributed by atoms with Gasteiger partial charge in [0.15, 0.2) is 6.10 Å². The van der Waals surface area contributed by atoms with E-state index in [9.17, 15) is 4.79 Å². The summed E-state index contributed by atoms with van der Waals surface area (Å²) in [7, 11) is 1.58. The fourth-order valence-electron chi connectivity index (χ4n) is 3.70. The molecule has 2 N–H and O–H groups in total. The fraction of sp³-hybridized carbons (Fsp3) is 0.364. The van der Waals surface area contributed by atoms with Crippen molar-refractivity contribution in [3.8, 4) is 11.8 Å². The van der Waals surface area contributed by atoms with Crippen molar-refractivity contribution in [2.24, 2.45) is 0 Å². The first kappa shape index (κ1) is 20.2. The van der Waals surface area contributed by atoms with Crippen molar-refractivity contribution in [3.63, 3.8) is 0 Å². The first-order chi connectivity index (χ1) is 14.7. The van der Waals surface area contributed by atoms with Crippen LogP contribution in [0.25, 0.3) is 0 Å². The summed E-state index contributed by atoms with van der Waals surface area (Å²) in [5, 5.41) is 15.1. The molecular weight excluding hydrogens is 386 g/mol. The zero-order valence-electron chi connectivity index (χ0n) is 16.5. The van der Waals surface area contributed by atoms with Crippen LogP contribution < -0.4 is 15.4 Å². The van der Waals surface area contributed by atoms with E-state index in [0.29, 0.717) is 30.2 Å². The maximum Gasteiger partial charge on any atom is 0.412 e. The molecule has 2 aliphatic rings. The number of nitrogens with zero attached hydrogens (tertiary/aromatic N) is 1. The Balaban J connectivity index is 1.28. The molecule has 156 valence electrons. The van der Waals surface area contributed by atoms with E-state index in [1.165, 1.54) is 0 Å². The van der Waals surface area contributed by atoms with Gasteiger partial charge >= 0.3 is 6.09 Å². The Kier molecular flexibility index (Phi) is 6.14. The maximum absolute atomic E-state index is 12.2. The average Bonchev–Trinajstić information content (AvgIpc) is 3.36. The topological polar surface area (TPSA) is 102 Å². The zero-order chi connectivity index (χ0) is 20.9. The number of nitriles is 1. The summed E-state index contributed by atoms with van der Waals surface area (Å²) in [4.78, 5) is 12.2. The third-order valence-corrected chi connectivity index (χ3v) is 5.23. The Labute approximate surface area is 174 Å². The summed E-state index contributed by atoms with van der Waals surface area (Å²) in [6, 6.07) is 16.6. The largest absolute Gasteiger partial charge is 0.497 e. The number of hydrogen-bond acceptors (Lipinski definition) is 7. The van der Waals surface area contributed by atoms with Crippen molar-refractivity contribution >= 4 is 11.8 Å². The van der Waals surface area contributed by atoms with Gasteiger partial charge in [0.2, 0.25) is 0 Å². The molecule has 2 aromatic carbocycles. The molecule has 1 amide bonds. The number of hydrogen-bond donors (Lipinski definition) is 2. The van der Waals surface area contributed by atoms with Crippen LogP contribution in [0, 0.1) is 11.3 Å². The highest BCUT2D eigenvalue weighted by Gasteiger charge is 2.49. The van der Waals surface area contributed by atoms with E-state index in [-0.39, 0.29) is 24.9 Å². The molecule has 8 nitrogen and oxygen atoms in total. The van der Waals surface area contributed by atoms with Crippen molar-refractivity contribution < 1.29 is 23.7 Å². The van der Waals surface area contributed by atoms with Gasteiger partial charge in [0, 0.05) is 12.2 Å². The van der Waals surface area contributed by atoms with E-state index in [2.05, 4.69) is 16.7 Å². The van der Waals surface area contributed by atoms with Gasteiger partial charge in [-0.1, -0.05) is 12.1 Å². The molecule has 0 radical (unpaired) electrons. The molecule has 2 aromatic rings. The highest BCUT2D eigenvalue weighted by Crippen LogP contribution is 2.29. The number of rotatable bonds is 6. The number of fused-ring (bicyclic) bond motifs is 1. The molecule has 4 rings (SSSR count). The van der Waals surface area contributed by atoms with Crippen molar-refractivity contribution in [3.05, 3.63) is 59.7 Å². The van der Waals surface area contributed by atoms with E-state index < -0.39 is 12.2 Å². The van der Waals surface area contributed by atoms with Gasteiger partial charge in [-0.15, -0.1) is 0 Å². The normalized spacial score (nSPS) is 24.7. The van der Waals surface area contributed by atoms with Crippen LogP contribution in [0.4, 0.5) is 10.5 Å². The minimum absolute atomic E-state index is 0.0148. The van der Waals surface area contributed by atoms with Gasteiger partial charge < -0.3 is 24.3 Å². The lowest BCUT2D eigenvalue weighted by Gasteiger charge is -2.18. The molecular formula is C22H23N3O5. The highest BCUT2D eigenvalue weighted by molar-refractivity contribution is 5.84. The van der Waals surface area contributed by atoms with Crippen molar-refractivity contribution in [1.82, 2.24) is 5.32 Å². The molecule has 2 saturated heterocycles. The Hall–Kier alpha value is -3.12. The van der Waals surface area contributed by atoms with Crippen LogP contribution >= 0.6 is 0 Å². The number of amides is 1. The third kappa shape index (κ3) is 4.54. The number of carbonyl (C=O) groups excluding carboxylic acids is 1. The second-order valence-electron chi connectivity index (χ2n) is 7.19. The van der Waals surface area contributed by atoms with E-state index >= 15 is 0 Å². The van der Waals surface area contributed by atoms with Crippen LogP contribution in [-0.2, 0) is 20.8 Å². The molecule has 0 saturated carbocycles. The van der Waals surface area contributed by atoms with Crippen LogP contribution in [0.5, 0.6) is 5.75 Å². The van der Waals surface area contributed by atoms with Gasteiger partial charge in [-0.2, -0.15) is 5.26 Å². The van der Waals surface area contributed by atoms with Crippen LogP contribution in [0.2, 0.25) is 0 Å². The predicted molar refractivity (Wildman–Crippen MR) is 108 cm³/mol. The van der Waals surface area contributed by atoms with Gasteiger partial charge in [-0.3, -0.25) is 5.32 Å². The van der Waals surface area contributed by atoms with Crippen LogP contribution in [0.3, 0.4) is 0 Å². The number of carbonyl (C=O) groups is 1. The Morgan fingerprint density at radius 1 is 1.17 bits per heavy atom. The van der Waals surface area contributed by atoms with Gasteiger partial charge in [0.25, 0.3) is 0 Å². The third-order valence-electron chi connectivity index (χ3n) is 5.23. The SMILES string of the molecule is COc1ccc(NC(=O)O[C@H]2CO[C@@H]3[C@@H]2OC[C@@H]3NCc2cccc(C#N)c2)cc1. The Bertz CT molecular complexity index is 927. The van der Waals surface area contributed by atoms with Crippen LogP contribution in [0.15, 0.2) is 48.5 Å². The fourth-order valence-corrected chi connectivity index (χ4v) is 3.70. The molecule has 8 heteroatoms. The predicted octanol–water partition coefficient (Wildman–Crippen LogP) is 2.44. The maximum atomic E-state index is 12.2.